The smallest absolute Gasteiger partial charge is 0.244 e. The van der Waals surface area contributed by atoms with E-state index in [0.29, 0.717) is 17.5 Å². The van der Waals surface area contributed by atoms with Crippen molar-refractivity contribution in [1.29, 1.82) is 0 Å². The van der Waals surface area contributed by atoms with Crippen LogP contribution >= 0.6 is 11.8 Å². The van der Waals surface area contributed by atoms with Crippen molar-refractivity contribution in [3.63, 3.8) is 0 Å². The summed E-state index contributed by atoms with van der Waals surface area (Å²) in [6.45, 7) is 1.92. The number of thioether (sulfide) groups is 1. The Morgan fingerprint density at radius 2 is 2.06 bits per heavy atom. The minimum atomic E-state index is -0.232. The molecule has 0 saturated heterocycles. The Kier molecular flexibility index (Phi) is 4.27. The number of hydrogen-bond donors (Lipinski definition) is 1. The zero-order valence-electron chi connectivity index (χ0n) is 10.3. The van der Waals surface area contributed by atoms with Crippen molar-refractivity contribution in [1.82, 2.24) is 20.1 Å². The summed E-state index contributed by atoms with van der Waals surface area (Å²) in [6.07, 6.45) is 6.27. The molecule has 0 spiro atoms. The first-order chi connectivity index (χ1) is 8.70. The molecule has 0 aromatic carbocycles. The van der Waals surface area contributed by atoms with E-state index in [4.69, 9.17) is 10.3 Å². The van der Waals surface area contributed by atoms with Crippen LogP contribution in [0, 0.1) is 6.92 Å². The van der Waals surface area contributed by atoms with Crippen LogP contribution in [0.15, 0.2) is 16.9 Å². The molecule has 6 nitrogen and oxygen atoms in total. The molecule has 7 heteroatoms. The SMILES string of the molecule is CSCC[C@@H](N)c1nc(-c2ncc(C)cn2)no1. The maximum Gasteiger partial charge on any atom is 0.244 e. The molecule has 0 radical (unpaired) electrons. The molecule has 2 aromatic heterocycles. The standard InChI is InChI=1S/C11H15N5OS/c1-7-5-13-9(14-6-7)10-15-11(17-16-10)8(12)3-4-18-2/h5-6,8H,3-4,12H2,1-2H3/t8-/m1/s1. The summed E-state index contributed by atoms with van der Waals surface area (Å²) < 4.78 is 5.13. The van der Waals surface area contributed by atoms with Gasteiger partial charge in [0.15, 0.2) is 0 Å². The second-order valence-electron chi connectivity index (χ2n) is 3.93. The highest BCUT2D eigenvalue weighted by molar-refractivity contribution is 7.98. The summed E-state index contributed by atoms with van der Waals surface area (Å²) in [4.78, 5) is 12.5. The average Bonchev–Trinajstić information content (AvgIpc) is 2.86. The normalized spacial score (nSPS) is 12.6. The molecule has 0 bridgehead atoms. The van der Waals surface area contributed by atoms with Crippen LogP contribution in [0.5, 0.6) is 0 Å². The first kappa shape index (κ1) is 13.0. The molecule has 0 aliphatic heterocycles. The monoisotopic (exact) mass is 265 g/mol. The molecule has 0 amide bonds. The third kappa shape index (κ3) is 3.05. The van der Waals surface area contributed by atoms with Gasteiger partial charge in [-0.1, -0.05) is 5.16 Å². The van der Waals surface area contributed by atoms with Gasteiger partial charge in [-0.2, -0.15) is 16.7 Å². The van der Waals surface area contributed by atoms with E-state index >= 15 is 0 Å². The van der Waals surface area contributed by atoms with Crippen LogP contribution in [0.3, 0.4) is 0 Å². The van der Waals surface area contributed by atoms with E-state index in [-0.39, 0.29) is 6.04 Å². The van der Waals surface area contributed by atoms with E-state index in [9.17, 15) is 0 Å². The third-order valence-electron chi connectivity index (χ3n) is 2.37. The Balaban J connectivity index is 2.12. The second-order valence-corrected chi connectivity index (χ2v) is 4.91. The van der Waals surface area contributed by atoms with Gasteiger partial charge in [0.25, 0.3) is 0 Å². The molecular formula is C11H15N5OS. The van der Waals surface area contributed by atoms with Gasteiger partial charge in [0.05, 0.1) is 6.04 Å². The van der Waals surface area contributed by atoms with E-state index in [0.717, 1.165) is 17.7 Å². The zero-order valence-corrected chi connectivity index (χ0v) is 11.1. The van der Waals surface area contributed by atoms with Gasteiger partial charge in [-0.05, 0) is 30.9 Å². The second kappa shape index (κ2) is 5.92. The van der Waals surface area contributed by atoms with Crippen molar-refractivity contribution >= 4 is 11.8 Å². The molecule has 2 aromatic rings. The number of aromatic nitrogens is 4. The summed E-state index contributed by atoms with van der Waals surface area (Å²) in [5.74, 6) is 2.22. The molecule has 2 heterocycles. The van der Waals surface area contributed by atoms with Crippen molar-refractivity contribution in [2.24, 2.45) is 5.73 Å². The van der Waals surface area contributed by atoms with E-state index in [1.165, 1.54) is 0 Å². The lowest BCUT2D eigenvalue weighted by Crippen LogP contribution is -2.11. The average molecular weight is 265 g/mol. The molecule has 0 aliphatic rings. The molecule has 96 valence electrons. The van der Waals surface area contributed by atoms with E-state index in [1.54, 1.807) is 24.2 Å². The van der Waals surface area contributed by atoms with E-state index in [1.807, 2.05) is 13.2 Å². The highest BCUT2D eigenvalue weighted by Gasteiger charge is 2.16. The Hall–Kier alpha value is -1.47. The minimum Gasteiger partial charge on any atom is -0.337 e. The highest BCUT2D eigenvalue weighted by Crippen LogP contribution is 2.17. The zero-order chi connectivity index (χ0) is 13.0. The van der Waals surface area contributed by atoms with Crippen molar-refractivity contribution in [3.8, 4) is 11.6 Å². The Morgan fingerprint density at radius 1 is 1.33 bits per heavy atom. The first-order valence-corrected chi connectivity index (χ1v) is 6.97. The van der Waals surface area contributed by atoms with Gasteiger partial charge in [-0.3, -0.25) is 0 Å². The fraction of sp³-hybridized carbons (Fsp3) is 0.455. The minimum absolute atomic E-state index is 0.232. The van der Waals surface area contributed by atoms with Gasteiger partial charge >= 0.3 is 0 Å². The van der Waals surface area contributed by atoms with Crippen LogP contribution in [0.4, 0.5) is 0 Å². The molecule has 0 fully saturated rings. The lowest BCUT2D eigenvalue weighted by Gasteiger charge is -2.03. The summed E-state index contributed by atoms with van der Waals surface area (Å²) in [5, 5.41) is 3.85. The largest absolute Gasteiger partial charge is 0.337 e. The molecule has 18 heavy (non-hydrogen) atoms. The Labute approximate surface area is 109 Å². The van der Waals surface area contributed by atoms with Crippen molar-refractivity contribution in [3.05, 3.63) is 23.8 Å². The van der Waals surface area contributed by atoms with Gasteiger partial charge in [0, 0.05) is 12.4 Å². The Morgan fingerprint density at radius 3 is 2.72 bits per heavy atom. The molecular weight excluding hydrogens is 250 g/mol. The van der Waals surface area contributed by atoms with Crippen LogP contribution in [0.1, 0.15) is 23.9 Å². The van der Waals surface area contributed by atoms with Gasteiger partial charge in [-0.25, -0.2) is 9.97 Å². The topological polar surface area (TPSA) is 90.7 Å². The van der Waals surface area contributed by atoms with Crippen LogP contribution in [0.2, 0.25) is 0 Å². The number of aryl methyl sites for hydroxylation is 1. The molecule has 2 rings (SSSR count). The lowest BCUT2D eigenvalue weighted by atomic mass is 10.2. The summed E-state index contributed by atoms with van der Waals surface area (Å²) in [6, 6.07) is -0.232. The van der Waals surface area contributed by atoms with E-state index < -0.39 is 0 Å². The fourth-order valence-corrected chi connectivity index (χ4v) is 1.84. The first-order valence-electron chi connectivity index (χ1n) is 5.58. The number of nitrogens with zero attached hydrogens (tertiary/aromatic N) is 4. The van der Waals surface area contributed by atoms with Crippen molar-refractivity contribution in [2.45, 2.75) is 19.4 Å². The summed E-state index contributed by atoms with van der Waals surface area (Å²) in [7, 11) is 0. The van der Waals surface area contributed by atoms with Gasteiger partial charge in [0.2, 0.25) is 17.5 Å². The van der Waals surface area contributed by atoms with Crippen LogP contribution in [-0.4, -0.2) is 32.1 Å². The van der Waals surface area contributed by atoms with Gasteiger partial charge < -0.3 is 10.3 Å². The summed E-state index contributed by atoms with van der Waals surface area (Å²) >= 11 is 1.73. The molecule has 0 aliphatic carbocycles. The number of rotatable bonds is 5. The third-order valence-corrected chi connectivity index (χ3v) is 3.02. The maximum absolute atomic E-state index is 5.95. The van der Waals surface area contributed by atoms with Crippen LogP contribution in [-0.2, 0) is 0 Å². The molecule has 0 saturated carbocycles. The van der Waals surface area contributed by atoms with Crippen LogP contribution in [0.25, 0.3) is 11.6 Å². The van der Waals surface area contributed by atoms with Gasteiger partial charge in [-0.15, -0.1) is 0 Å². The highest BCUT2D eigenvalue weighted by atomic mass is 32.2. The predicted molar refractivity (Wildman–Crippen MR) is 70.0 cm³/mol. The lowest BCUT2D eigenvalue weighted by molar-refractivity contribution is 0.353. The molecule has 2 N–H and O–H groups in total. The predicted octanol–water partition coefficient (Wildman–Crippen LogP) is 1.59. The van der Waals surface area contributed by atoms with Crippen molar-refractivity contribution < 1.29 is 4.52 Å². The van der Waals surface area contributed by atoms with E-state index in [2.05, 4.69) is 20.1 Å². The molecule has 1 atom stereocenters. The van der Waals surface area contributed by atoms with Crippen LogP contribution < -0.4 is 5.73 Å². The maximum atomic E-state index is 5.95. The molecule has 0 unspecified atom stereocenters. The van der Waals surface area contributed by atoms with Crippen molar-refractivity contribution in [2.75, 3.05) is 12.0 Å². The summed E-state index contributed by atoms with van der Waals surface area (Å²) in [5.41, 5.74) is 6.93. The Bertz CT molecular complexity index is 498. The fourth-order valence-electron chi connectivity index (χ4n) is 1.35. The van der Waals surface area contributed by atoms with Gasteiger partial charge in [0.1, 0.15) is 0 Å². The quantitative estimate of drug-likeness (QED) is 0.877. The number of hydrogen-bond acceptors (Lipinski definition) is 7. The number of nitrogens with two attached hydrogens (primary N) is 1.